The fourth-order valence-corrected chi connectivity index (χ4v) is 2.22. The largest absolute Gasteiger partial charge is 0.459 e. The van der Waals surface area contributed by atoms with Crippen molar-refractivity contribution in [2.24, 2.45) is 0 Å². The van der Waals surface area contributed by atoms with E-state index in [-0.39, 0.29) is 17.8 Å². The van der Waals surface area contributed by atoms with Crippen LogP contribution >= 0.6 is 0 Å². The maximum absolute atomic E-state index is 11.5. The van der Waals surface area contributed by atoms with Crippen molar-refractivity contribution in [2.45, 2.75) is 32.8 Å². The van der Waals surface area contributed by atoms with Crippen molar-refractivity contribution in [1.29, 1.82) is 0 Å². The quantitative estimate of drug-likeness (QED) is 0.274. The Balaban J connectivity index is 0.000000579. The molecule has 2 aromatic rings. The van der Waals surface area contributed by atoms with Crippen LogP contribution in [-0.4, -0.2) is 47.4 Å². The lowest BCUT2D eigenvalue weighted by molar-refractivity contribution is -0.154. The highest BCUT2D eigenvalue weighted by atomic mass is 16.6. The molecule has 2 N–H and O–H groups in total. The van der Waals surface area contributed by atoms with Crippen molar-refractivity contribution < 1.29 is 34.1 Å². The highest BCUT2D eigenvalue weighted by Crippen LogP contribution is 2.09. The number of rotatable bonds is 10. The van der Waals surface area contributed by atoms with Crippen molar-refractivity contribution in [3.05, 3.63) is 115 Å². The Kier molecular flexibility index (Phi) is 17.1. The van der Waals surface area contributed by atoms with Gasteiger partial charge in [0.05, 0.1) is 6.61 Å². The van der Waals surface area contributed by atoms with Gasteiger partial charge in [0.1, 0.15) is 12.7 Å². The Labute approximate surface area is 219 Å². The van der Waals surface area contributed by atoms with E-state index >= 15 is 0 Å². The summed E-state index contributed by atoms with van der Waals surface area (Å²) in [5.74, 6) is -1.95. The molecule has 2 aromatic carbocycles. The van der Waals surface area contributed by atoms with Gasteiger partial charge < -0.3 is 19.7 Å². The maximum Gasteiger partial charge on any atom is 0.340 e. The van der Waals surface area contributed by atoms with E-state index in [4.69, 9.17) is 14.9 Å². The van der Waals surface area contributed by atoms with Gasteiger partial charge in [-0.15, -0.1) is 0 Å². The summed E-state index contributed by atoms with van der Waals surface area (Å²) in [7, 11) is 0. The summed E-state index contributed by atoms with van der Waals surface area (Å²) < 4.78 is 9.09. The van der Waals surface area contributed by atoms with E-state index in [0.29, 0.717) is 12.0 Å². The van der Waals surface area contributed by atoms with Gasteiger partial charge in [0, 0.05) is 16.7 Å². The molecule has 198 valence electrons. The molecular formula is C30H36O7. The number of carbonyl (C=O) groups is 3. The minimum Gasteiger partial charge on any atom is -0.459 e. The molecule has 0 fully saturated rings. The van der Waals surface area contributed by atoms with Gasteiger partial charge in [-0.3, -0.25) is 0 Å². The molecule has 0 bridgehead atoms. The lowest BCUT2D eigenvalue weighted by Gasteiger charge is -2.09. The van der Waals surface area contributed by atoms with Gasteiger partial charge in [-0.25, -0.2) is 14.4 Å². The van der Waals surface area contributed by atoms with Crippen LogP contribution in [0.5, 0.6) is 0 Å². The second-order valence-corrected chi connectivity index (χ2v) is 7.88. The summed E-state index contributed by atoms with van der Waals surface area (Å²) in [5.41, 5.74) is 3.05. The van der Waals surface area contributed by atoms with E-state index in [0.717, 1.165) is 12.0 Å². The molecule has 0 aliphatic rings. The standard InChI is InChI=1S/C14H18O4.C8H10O3.C8H8/c1-11(14(17)18-10-13(16)9-15)7-8-12-5-3-2-4-6-12;1-5(2)7(9)11-8(10)6(3)4;1-2-8-6-4-3-5-7-8/h2-6,13,15-16H,1,7-10H2;1,3H2,2,4H3;2-7H,1H2. The number of hydrogen-bond acceptors (Lipinski definition) is 7. The summed E-state index contributed by atoms with van der Waals surface area (Å²) in [6, 6.07) is 19.8. The second-order valence-electron chi connectivity index (χ2n) is 7.88. The Hall–Kier alpha value is -4.07. The molecule has 0 radical (unpaired) electrons. The molecular weight excluding hydrogens is 472 g/mol. The second kappa shape index (κ2) is 19.2. The number of carbonyl (C=O) groups excluding carboxylic acids is 3. The normalized spacial score (nSPS) is 10.2. The number of aliphatic hydroxyl groups excluding tert-OH is 2. The van der Waals surface area contributed by atoms with Crippen molar-refractivity contribution in [3.63, 3.8) is 0 Å². The van der Waals surface area contributed by atoms with Gasteiger partial charge in [-0.2, -0.15) is 0 Å². The minimum absolute atomic E-state index is 0.194. The number of ether oxygens (including phenoxy) is 2. The van der Waals surface area contributed by atoms with Crippen LogP contribution in [0.15, 0.2) is 104 Å². The summed E-state index contributed by atoms with van der Waals surface area (Å²) in [5, 5.41) is 17.6. The molecule has 0 aromatic heterocycles. The highest BCUT2D eigenvalue weighted by molar-refractivity contribution is 6.00. The first-order valence-corrected chi connectivity index (χ1v) is 11.4. The third kappa shape index (κ3) is 16.3. The first kappa shape index (κ1) is 32.9. The Morgan fingerprint density at radius 3 is 1.76 bits per heavy atom. The predicted octanol–water partition coefficient (Wildman–Crippen LogP) is 4.61. The van der Waals surface area contributed by atoms with Gasteiger partial charge in [0.25, 0.3) is 0 Å². The van der Waals surface area contributed by atoms with Crippen molar-refractivity contribution in [2.75, 3.05) is 13.2 Å². The van der Waals surface area contributed by atoms with Crippen LogP contribution in [0.3, 0.4) is 0 Å². The van der Waals surface area contributed by atoms with Gasteiger partial charge in [-0.05, 0) is 37.8 Å². The van der Waals surface area contributed by atoms with Crippen LogP contribution in [0.4, 0.5) is 0 Å². The number of hydrogen-bond donors (Lipinski definition) is 2. The van der Waals surface area contributed by atoms with Crippen molar-refractivity contribution >= 4 is 24.0 Å². The summed E-state index contributed by atoms with van der Waals surface area (Å²) in [4.78, 5) is 32.8. The monoisotopic (exact) mass is 508 g/mol. The smallest absolute Gasteiger partial charge is 0.340 e. The van der Waals surface area contributed by atoms with E-state index < -0.39 is 30.6 Å². The fourth-order valence-electron chi connectivity index (χ4n) is 2.22. The molecule has 1 atom stereocenters. The Morgan fingerprint density at radius 1 is 0.865 bits per heavy atom. The molecule has 7 heteroatoms. The number of aryl methyl sites for hydroxylation is 1. The SMILES string of the molecule is C=C(C)C(=O)OC(=O)C(=C)C.C=C(CCc1ccccc1)C(=O)OCC(O)CO.C=Cc1ccccc1. The zero-order valence-corrected chi connectivity index (χ0v) is 21.5. The topological polar surface area (TPSA) is 110 Å². The van der Waals surface area contributed by atoms with Crippen LogP contribution in [0.2, 0.25) is 0 Å². The molecule has 0 heterocycles. The average molecular weight is 509 g/mol. The van der Waals surface area contributed by atoms with Crippen LogP contribution in [0, 0.1) is 0 Å². The van der Waals surface area contributed by atoms with Crippen molar-refractivity contribution in [1.82, 2.24) is 0 Å². The van der Waals surface area contributed by atoms with Gasteiger partial charge in [0.2, 0.25) is 0 Å². The lowest BCUT2D eigenvalue weighted by atomic mass is 10.1. The van der Waals surface area contributed by atoms with E-state index in [1.807, 2.05) is 66.7 Å². The zero-order chi connectivity index (χ0) is 28.2. The molecule has 37 heavy (non-hydrogen) atoms. The van der Waals surface area contributed by atoms with Gasteiger partial charge in [-0.1, -0.05) is 93.1 Å². The van der Waals surface area contributed by atoms with Crippen LogP contribution in [-0.2, 0) is 30.3 Å². The molecule has 0 aliphatic heterocycles. The lowest BCUT2D eigenvalue weighted by Crippen LogP contribution is -2.22. The zero-order valence-electron chi connectivity index (χ0n) is 21.5. The molecule has 0 spiro atoms. The Morgan fingerprint density at radius 2 is 1.35 bits per heavy atom. The van der Waals surface area contributed by atoms with E-state index in [1.54, 1.807) is 0 Å². The highest BCUT2D eigenvalue weighted by Gasteiger charge is 2.12. The number of benzene rings is 2. The Bertz CT molecular complexity index is 1020. The molecule has 0 saturated carbocycles. The molecule has 0 aliphatic carbocycles. The third-order valence-corrected chi connectivity index (χ3v) is 4.38. The predicted molar refractivity (Wildman–Crippen MR) is 145 cm³/mol. The van der Waals surface area contributed by atoms with Gasteiger partial charge in [0.15, 0.2) is 0 Å². The summed E-state index contributed by atoms with van der Waals surface area (Å²) >= 11 is 0. The minimum atomic E-state index is -1.03. The van der Waals surface area contributed by atoms with Crippen LogP contribution in [0.25, 0.3) is 6.08 Å². The molecule has 1 unspecified atom stereocenters. The van der Waals surface area contributed by atoms with Crippen LogP contribution < -0.4 is 0 Å². The summed E-state index contributed by atoms with van der Waals surface area (Å²) in [6.45, 7) is 16.2. The van der Waals surface area contributed by atoms with Gasteiger partial charge >= 0.3 is 17.9 Å². The summed E-state index contributed by atoms with van der Waals surface area (Å²) in [6.07, 6.45) is 2.03. The molecule has 0 amide bonds. The first-order chi connectivity index (χ1) is 17.5. The molecule has 2 rings (SSSR count). The first-order valence-electron chi connectivity index (χ1n) is 11.4. The van der Waals surface area contributed by atoms with E-state index in [1.165, 1.54) is 19.4 Å². The molecule has 7 nitrogen and oxygen atoms in total. The maximum atomic E-state index is 11.5. The average Bonchev–Trinajstić information content (AvgIpc) is 2.91. The fraction of sp³-hybridized carbons (Fsp3) is 0.233. The van der Waals surface area contributed by atoms with E-state index in [9.17, 15) is 14.4 Å². The van der Waals surface area contributed by atoms with E-state index in [2.05, 4.69) is 31.1 Å². The van der Waals surface area contributed by atoms with Crippen molar-refractivity contribution in [3.8, 4) is 0 Å². The number of aliphatic hydroxyl groups is 2. The van der Waals surface area contributed by atoms with Crippen LogP contribution in [0.1, 0.15) is 31.4 Å². The third-order valence-electron chi connectivity index (χ3n) is 4.38. The number of esters is 3. The molecule has 0 saturated heterocycles.